The summed E-state index contributed by atoms with van der Waals surface area (Å²) in [4.78, 5) is 28.6. The zero-order valence-electron chi connectivity index (χ0n) is 9.64. The summed E-state index contributed by atoms with van der Waals surface area (Å²) >= 11 is 8.55. The normalized spacial score (nSPS) is 10.4. The van der Waals surface area contributed by atoms with Gasteiger partial charge in [0.1, 0.15) is 5.69 Å². The third-order valence-electron chi connectivity index (χ3n) is 1.89. The van der Waals surface area contributed by atoms with E-state index in [2.05, 4.69) is 25.5 Å². The maximum Gasteiger partial charge on any atom is 0.345 e. The van der Waals surface area contributed by atoms with E-state index < -0.39 is 11.6 Å². The number of hydrogen-bond donors (Lipinski definition) is 2. The van der Waals surface area contributed by atoms with Crippen LogP contribution in [0, 0.1) is 0 Å². The van der Waals surface area contributed by atoms with Crippen LogP contribution in [0.4, 0.5) is 5.13 Å². The van der Waals surface area contributed by atoms with Crippen LogP contribution < -0.4 is 11.0 Å². The lowest BCUT2D eigenvalue weighted by Crippen LogP contribution is -2.20. The molecule has 0 aromatic carbocycles. The van der Waals surface area contributed by atoms with E-state index in [9.17, 15) is 9.59 Å². The Morgan fingerprint density at radius 3 is 3.11 bits per heavy atom. The van der Waals surface area contributed by atoms with Crippen molar-refractivity contribution in [2.24, 2.45) is 0 Å². The largest absolute Gasteiger partial charge is 0.345 e. The predicted octanol–water partition coefficient (Wildman–Crippen LogP) is 1.64. The van der Waals surface area contributed by atoms with Gasteiger partial charge in [0, 0.05) is 0 Å². The molecule has 19 heavy (non-hydrogen) atoms. The number of thioether (sulfide) groups is 1. The van der Waals surface area contributed by atoms with Crippen LogP contribution in [0.5, 0.6) is 0 Å². The molecular formula is C9H8ClN5O2S2. The minimum absolute atomic E-state index is 0.0541. The molecule has 2 N–H and O–H groups in total. The number of hydrogen-bond acceptors (Lipinski definition) is 7. The highest BCUT2D eigenvalue weighted by atomic mass is 35.5. The maximum atomic E-state index is 11.9. The minimum Gasteiger partial charge on any atom is -0.300 e. The molecule has 10 heteroatoms. The molecule has 2 heterocycles. The predicted molar refractivity (Wildman–Crippen MR) is 74.1 cm³/mol. The second kappa shape index (κ2) is 6.13. The second-order valence-corrected chi connectivity index (χ2v) is 6.07. The number of halogens is 1. The molecule has 0 radical (unpaired) electrons. The van der Waals surface area contributed by atoms with Crippen molar-refractivity contribution in [1.82, 2.24) is 20.2 Å². The van der Waals surface area contributed by atoms with Gasteiger partial charge in [0.2, 0.25) is 5.13 Å². The zero-order chi connectivity index (χ0) is 13.8. The SMILES string of the molecule is CCSc1nnc(NC(=O)c2[nH]c(=O)ncc2Cl)s1. The molecule has 2 aromatic rings. The number of aromatic amines is 1. The number of carbonyl (C=O) groups excluding carboxylic acids is 1. The van der Waals surface area contributed by atoms with Crippen molar-refractivity contribution in [3.05, 3.63) is 27.4 Å². The summed E-state index contributed by atoms with van der Waals surface area (Å²) in [5.74, 6) is 0.306. The van der Waals surface area contributed by atoms with E-state index in [1.165, 1.54) is 23.1 Å². The standard InChI is InChI=1S/C9H8ClN5O2S2/c1-2-18-9-15-14-8(19-9)13-6(16)5-4(10)3-11-7(17)12-5/h3H,2H2,1H3,(H,11,12,17)(H,13,14,16). The number of aromatic nitrogens is 4. The smallest absolute Gasteiger partial charge is 0.300 e. The van der Waals surface area contributed by atoms with Crippen LogP contribution in [0.15, 0.2) is 15.3 Å². The average molecular weight is 318 g/mol. The molecule has 100 valence electrons. The van der Waals surface area contributed by atoms with Crippen LogP contribution in [-0.4, -0.2) is 31.8 Å². The molecular weight excluding hydrogens is 310 g/mol. The molecule has 0 aliphatic rings. The van der Waals surface area contributed by atoms with Crippen molar-refractivity contribution < 1.29 is 4.79 Å². The molecule has 0 unspecified atom stereocenters. The lowest BCUT2D eigenvalue weighted by molar-refractivity contribution is 0.102. The number of amides is 1. The number of nitrogens with one attached hydrogen (secondary N) is 2. The highest BCUT2D eigenvalue weighted by molar-refractivity contribution is 8.01. The van der Waals surface area contributed by atoms with Crippen molar-refractivity contribution in [1.29, 1.82) is 0 Å². The molecule has 0 aliphatic heterocycles. The Hall–Kier alpha value is -1.45. The van der Waals surface area contributed by atoms with Crippen molar-refractivity contribution in [2.45, 2.75) is 11.3 Å². The Bertz CT molecular complexity index is 656. The van der Waals surface area contributed by atoms with E-state index in [0.29, 0.717) is 5.13 Å². The van der Waals surface area contributed by atoms with Gasteiger partial charge in [-0.2, -0.15) is 0 Å². The van der Waals surface area contributed by atoms with Gasteiger partial charge in [0.25, 0.3) is 5.91 Å². The summed E-state index contributed by atoms with van der Waals surface area (Å²) in [7, 11) is 0. The van der Waals surface area contributed by atoms with E-state index in [1.807, 2.05) is 6.92 Å². The highest BCUT2D eigenvalue weighted by Gasteiger charge is 2.14. The molecule has 2 rings (SSSR count). The van der Waals surface area contributed by atoms with Crippen LogP contribution >= 0.6 is 34.7 Å². The summed E-state index contributed by atoms with van der Waals surface area (Å²) in [6.45, 7) is 1.99. The summed E-state index contributed by atoms with van der Waals surface area (Å²) < 4.78 is 0.757. The van der Waals surface area contributed by atoms with Gasteiger partial charge in [-0.1, -0.05) is 41.6 Å². The highest BCUT2D eigenvalue weighted by Crippen LogP contribution is 2.25. The van der Waals surface area contributed by atoms with Gasteiger partial charge in [-0.05, 0) is 5.75 Å². The van der Waals surface area contributed by atoms with E-state index in [0.717, 1.165) is 16.3 Å². The Kier molecular flexibility index (Phi) is 4.51. The Morgan fingerprint density at radius 2 is 2.37 bits per heavy atom. The number of H-pyrrole nitrogens is 1. The van der Waals surface area contributed by atoms with Crippen LogP contribution in [0.3, 0.4) is 0 Å². The van der Waals surface area contributed by atoms with Crippen LogP contribution in [-0.2, 0) is 0 Å². The van der Waals surface area contributed by atoms with Gasteiger partial charge in [0.05, 0.1) is 11.2 Å². The van der Waals surface area contributed by atoms with Gasteiger partial charge in [-0.15, -0.1) is 10.2 Å². The van der Waals surface area contributed by atoms with Crippen LogP contribution in [0.1, 0.15) is 17.4 Å². The van der Waals surface area contributed by atoms with Crippen LogP contribution in [0.2, 0.25) is 5.02 Å². The Labute approximate surface area is 120 Å². The second-order valence-electron chi connectivity index (χ2n) is 3.17. The molecule has 1 amide bonds. The molecule has 0 bridgehead atoms. The first-order chi connectivity index (χ1) is 9.10. The van der Waals surface area contributed by atoms with Crippen molar-refractivity contribution in [3.63, 3.8) is 0 Å². The number of anilines is 1. The monoisotopic (exact) mass is 317 g/mol. The molecule has 2 aromatic heterocycles. The summed E-state index contributed by atoms with van der Waals surface area (Å²) in [6, 6.07) is 0. The summed E-state index contributed by atoms with van der Waals surface area (Å²) in [5.41, 5.74) is -0.699. The first-order valence-corrected chi connectivity index (χ1v) is 7.30. The molecule has 0 saturated carbocycles. The fourth-order valence-electron chi connectivity index (χ4n) is 1.15. The fourth-order valence-corrected chi connectivity index (χ4v) is 2.97. The molecule has 0 aliphatic carbocycles. The lowest BCUT2D eigenvalue weighted by atomic mass is 10.4. The fraction of sp³-hybridized carbons (Fsp3) is 0.222. The van der Waals surface area contributed by atoms with E-state index in [4.69, 9.17) is 11.6 Å². The molecule has 0 spiro atoms. The maximum absolute atomic E-state index is 11.9. The van der Waals surface area contributed by atoms with E-state index in [1.54, 1.807) is 0 Å². The van der Waals surface area contributed by atoms with Gasteiger partial charge in [-0.3, -0.25) is 15.1 Å². The Balaban J connectivity index is 2.15. The molecule has 0 saturated heterocycles. The van der Waals surface area contributed by atoms with Gasteiger partial charge >= 0.3 is 5.69 Å². The molecule has 7 nitrogen and oxygen atoms in total. The quantitative estimate of drug-likeness (QED) is 0.656. The number of rotatable bonds is 4. The Morgan fingerprint density at radius 1 is 1.58 bits per heavy atom. The number of carbonyl (C=O) groups is 1. The van der Waals surface area contributed by atoms with Gasteiger partial charge in [0.15, 0.2) is 4.34 Å². The topological polar surface area (TPSA) is 101 Å². The third-order valence-corrected chi connectivity index (χ3v) is 4.03. The zero-order valence-corrected chi connectivity index (χ0v) is 12.0. The summed E-state index contributed by atoms with van der Waals surface area (Å²) in [5, 5.41) is 10.6. The first kappa shape index (κ1) is 14.0. The first-order valence-electron chi connectivity index (χ1n) is 5.12. The van der Waals surface area contributed by atoms with Gasteiger partial charge in [-0.25, -0.2) is 9.78 Å². The minimum atomic E-state index is -0.644. The van der Waals surface area contributed by atoms with Crippen molar-refractivity contribution >= 4 is 45.7 Å². The van der Waals surface area contributed by atoms with E-state index >= 15 is 0 Å². The average Bonchev–Trinajstić information content (AvgIpc) is 2.80. The van der Waals surface area contributed by atoms with E-state index in [-0.39, 0.29) is 10.7 Å². The molecule has 0 atom stereocenters. The van der Waals surface area contributed by atoms with Gasteiger partial charge < -0.3 is 0 Å². The van der Waals surface area contributed by atoms with Crippen molar-refractivity contribution in [3.8, 4) is 0 Å². The lowest BCUT2D eigenvalue weighted by Gasteiger charge is -2.01. The van der Waals surface area contributed by atoms with Crippen LogP contribution in [0.25, 0.3) is 0 Å². The summed E-state index contributed by atoms with van der Waals surface area (Å²) in [6.07, 6.45) is 1.12. The molecule has 0 fully saturated rings. The number of nitrogens with zero attached hydrogens (tertiary/aromatic N) is 3. The third kappa shape index (κ3) is 3.52. The van der Waals surface area contributed by atoms with Crippen molar-refractivity contribution in [2.75, 3.05) is 11.1 Å².